The van der Waals surface area contributed by atoms with Crippen LogP contribution in [0, 0.1) is 0 Å². The predicted octanol–water partition coefficient (Wildman–Crippen LogP) is 0.454. The van der Waals surface area contributed by atoms with Crippen LogP contribution in [0.3, 0.4) is 0 Å². The van der Waals surface area contributed by atoms with Crippen LogP contribution >= 0.6 is 0 Å². The number of carbonyl (C=O) groups is 1. The number of aryl methyl sites for hydroxylation is 1. The van der Waals surface area contributed by atoms with Crippen LogP contribution in [0.5, 0.6) is 0 Å². The molecule has 3 N–H and O–H groups in total. The quantitative estimate of drug-likeness (QED) is 0.823. The van der Waals surface area contributed by atoms with Gasteiger partial charge in [-0.15, -0.1) is 0 Å². The van der Waals surface area contributed by atoms with Crippen molar-refractivity contribution in [3.63, 3.8) is 0 Å². The first-order valence-corrected chi connectivity index (χ1v) is 8.59. The van der Waals surface area contributed by atoms with Gasteiger partial charge >= 0.3 is 0 Å². The van der Waals surface area contributed by atoms with Gasteiger partial charge in [0.2, 0.25) is 10.0 Å². The van der Waals surface area contributed by atoms with E-state index in [-0.39, 0.29) is 22.6 Å². The van der Waals surface area contributed by atoms with E-state index in [4.69, 9.17) is 9.88 Å². The summed E-state index contributed by atoms with van der Waals surface area (Å²) in [4.78, 5) is 12.1. The average molecular weight is 315 g/mol. The Hall–Kier alpha value is -1.38. The topological polar surface area (TPSA) is 103 Å². The van der Waals surface area contributed by atoms with Crippen molar-refractivity contribution in [2.45, 2.75) is 43.7 Å². The van der Waals surface area contributed by atoms with Gasteiger partial charge in [-0.2, -0.15) is 0 Å². The van der Waals surface area contributed by atoms with Crippen molar-refractivity contribution in [3.8, 4) is 0 Å². The summed E-state index contributed by atoms with van der Waals surface area (Å²) in [6, 6.07) is 1.30. The Balaban J connectivity index is 2.05. The van der Waals surface area contributed by atoms with Crippen LogP contribution in [0.1, 0.15) is 36.7 Å². The first-order valence-electron chi connectivity index (χ1n) is 7.04. The summed E-state index contributed by atoms with van der Waals surface area (Å²) in [6.07, 6.45) is 4.49. The van der Waals surface area contributed by atoms with Gasteiger partial charge in [0.25, 0.3) is 5.91 Å². The molecule has 2 rings (SSSR count). The molecule has 1 fully saturated rings. The Morgan fingerprint density at radius 2 is 2.29 bits per heavy atom. The van der Waals surface area contributed by atoms with Crippen molar-refractivity contribution in [2.75, 3.05) is 13.2 Å². The monoisotopic (exact) mass is 315 g/mol. The molecule has 7 nitrogen and oxygen atoms in total. The Labute approximate surface area is 124 Å². The molecule has 1 aromatic heterocycles. The lowest BCUT2D eigenvalue weighted by molar-refractivity contribution is 0.0168. The predicted molar refractivity (Wildman–Crippen MR) is 77.4 cm³/mol. The second-order valence-corrected chi connectivity index (χ2v) is 6.65. The molecule has 0 saturated carbocycles. The minimum atomic E-state index is -3.81. The molecular weight excluding hydrogens is 294 g/mol. The molecule has 0 radical (unpaired) electrons. The average Bonchev–Trinajstić information content (AvgIpc) is 2.90. The fourth-order valence-electron chi connectivity index (χ4n) is 2.36. The molecule has 1 aliphatic heterocycles. The minimum absolute atomic E-state index is 0.0328. The Morgan fingerprint density at radius 3 is 2.86 bits per heavy atom. The summed E-state index contributed by atoms with van der Waals surface area (Å²) in [5.41, 5.74) is 0.289. The highest BCUT2D eigenvalue weighted by atomic mass is 32.2. The molecule has 21 heavy (non-hydrogen) atoms. The fourth-order valence-corrected chi connectivity index (χ4v) is 2.91. The maximum absolute atomic E-state index is 12.2. The normalized spacial score (nSPS) is 19.4. The highest BCUT2D eigenvalue weighted by Gasteiger charge is 2.20. The highest BCUT2D eigenvalue weighted by Crippen LogP contribution is 2.14. The molecule has 118 valence electrons. The lowest BCUT2D eigenvalue weighted by Gasteiger charge is -2.22. The van der Waals surface area contributed by atoms with Gasteiger partial charge in [-0.05, 0) is 32.3 Å². The molecule has 2 heterocycles. The van der Waals surface area contributed by atoms with E-state index in [1.54, 1.807) is 4.57 Å². The minimum Gasteiger partial charge on any atom is -0.376 e. The third kappa shape index (κ3) is 4.05. The zero-order valence-corrected chi connectivity index (χ0v) is 12.9. The molecule has 0 aromatic carbocycles. The van der Waals surface area contributed by atoms with E-state index >= 15 is 0 Å². The van der Waals surface area contributed by atoms with E-state index in [0.29, 0.717) is 13.1 Å². The number of carbonyl (C=O) groups excluding carboxylic acids is 1. The van der Waals surface area contributed by atoms with Gasteiger partial charge in [0.05, 0.1) is 6.10 Å². The van der Waals surface area contributed by atoms with E-state index in [1.807, 2.05) is 6.92 Å². The van der Waals surface area contributed by atoms with E-state index in [0.717, 1.165) is 25.9 Å². The van der Waals surface area contributed by atoms with E-state index in [2.05, 4.69) is 5.32 Å². The van der Waals surface area contributed by atoms with Crippen molar-refractivity contribution < 1.29 is 17.9 Å². The Bertz CT molecular complexity index is 603. The van der Waals surface area contributed by atoms with Gasteiger partial charge < -0.3 is 14.6 Å². The van der Waals surface area contributed by atoms with E-state index < -0.39 is 10.0 Å². The number of nitrogens with zero attached hydrogens (tertiary/aromatic N) is 1. The number of hydrogen-bond acceptors (Lipinski definition) is 4. The summed E-state index contributed by atoms with van der Waals surface area (Å²) in [7, 11) is -3.81. The van der Waals surface area contributed by atoms with Gasteiger partial charge in [0.1, 0.15) is 10.6 Å². The Morgan fingerprint density at radius 1 is 1.52 bits per heavy atom. The number of amides is 1. The molecule has 0 bridgehead atoms. The largest absolute Gasteiger partial charge is 0.376 e. The number of ether oxygens (including phenoxy) is 1. The maximum Gasteiger partial charge on any atom is 0.268 e. The zero-order valence-electron chi connectivity index (χ0n) is 12.0. The van der Waals surface area contributed by atoms with Crippen molar-refractivity contribution in [2.24, 2.45) is 5.14 Å². The van der Waals surface area contributed by atoms with Crippen LogP contribution in [0.4, 0.5) is 0 Å². The molecule has 1 aliphatic rings. The van der Waals surface area contributed by atoms with Crippen LogP contribution in [-0.4, -0.2) is 38.1 Å². The van der Waals surface area contributed by atoms with E-state index in [9.17, 15) is 13.2 Å². The van der Waals surface area contributed by atoms with Crippen molar-refractivity contribution in [1.82, 2.24) is 9.88 Å². The molecular formula is C13H21N3O4S. The number of nitrogens with one attached hydrogen (secondary N) is 1. The number of nitrogens with two attached hydrogens (primary N) is 1. The molecule has 1 atom stereocenters. The third-order valence-corrected chi connectivity index (χ3v) is 4.42. The van der Waals surface area contributed by atoms with Gasteiger partial charge in [0, 0.05) is 25.9 Å². The molecule has 1 amide bonds. The standard InChI is InChI=1S/C13H21N3O4S/c1-2-16-9-11(21(14,18)19)7-12(16)13(17)15-8-10-5-3-4-6-20-10/h7,9-10H,2-6,8H2,1H3,(H,15,17)(H2,14,18,19). The fraction of sp³-hybridized carbons (Fsp3) is 0.615. The van der Waals surface area contributed by atoms with E-state index in [1.165, 1.54) is 12.3 Å². The molecule has 1 aromatic rings. The van der Waals surface area contributed by atoms with Gasteiger partial charge in [-0.3, -0.25) is 4.79 Å². The second-order valence-electron chi connectivity index (χ2n) is 5.09. The van der Waals surface area contributed by atoms with Gasteiger partial charge in [-0.25, -0.2) is 13.6 Å². The lowest BCUT2D eigenvalue weighted by Crippen LogP contribution is -2.36. The number of aromatic nitrogens is 1. The first-order chi connectivity index (χ1) is 9.91. The molecule has 0 spiro atoms. The smallest absolute Gasteiger partial charge is 0.268 e. The van der Waals surface area contributed by atoms with Gasteiger partial charge in [0.15, 0.2) is 0 Å². The molecule has 1 unspecified atom stereocenters. The second kappa shape index (κ2) is 6.59. The van der Waals surface area contributed by atoms with Crippen molar-refractivity contribution >= 4 is 15.9 Å². The summed E-state index contributed by atoms with van der Waals surface area (Å²) in [5, 5.41) is 7.88. The van der Waals surface area contributed by atoms with Gasteiger partial charge in [-0.1, -0.05) is 0 Å². The summed E-state index contributed by atoms with van der Waals surface area (Å²) in [6.45, 7) is 3.46. The molecule has 8 heteroatoms. The lowest BCUT2D eigenvalue weighted by atomic mass is 10.1. The first kappa shape index (κ1) is 16.0. The van der Waals surface area contributed by atoms with Crippen molar-refractivity contribution in [1.29, 1.82) is 0 Å². The van der Waals surface area contributed by atoms with Crippen molar-refractivity contribution in [3.05, 3.63) is 18.0 Å². The number of hydrogen-bond donors (Lipinski definition) is 2. The van der Waals surface area contributed by atoms with Crippen LogP contribution < -0.4 is 10.5 Å². The Kier molecular flexibility index (Phi) is 5.02. The maximum atomic E-state index is 12.2. The summed E-state index contributed by atoms with van der Waals surface area (Å²) in [5.74, 6) is -0.319. The van der Waals surface area contributed by atoms with Crippen LogP contribution in [-0.2, 0) is 21.3 Å². The zero-order chi connectivity index (χ0) is 15.5. The SMILES string of the molecule is CCn1cc(S(N)(=O)=O)cc1C(=O)NCC1CCCCO1. The third-order valence-electron chi connectivity index (χ3n) is 3.54. The number of sulfonamides is 1. The van der Waals surface area contributed by atoms with Crippen LogP contribution in [0.25, 0.3) is 0 Å². The highest BCUT2D eigenvalue weighted by molar-refractivity contribution is 7.89. The van der Waals surface area contributed by atoms with Crippen LogP contribution in [0.15, 0.2) is 17.2 Å². The number of primary sulfonamides is 1. The van der Waals surface area contributed by atoms with Crippen LogP contribution in [0.2, 0.25) is 0 Å². The molecule has 0 aliphatic carbocycles. The summed E-state index contributed by atoms with van der Waals surface area (Å²) >= 11 is 0. The number of rotatable bonds is 5. The summed E-state index contributed by atoms with van der Waals surface area (Å²) < 4.78 is 29.8. The molecule has 1 saturated heterocycles.